The molecule has 0 atom stereocenters. The van der Waals surface area contributed by atoms with E-state index >= 15 is 0 Å². The number of aryl methyl sites for hydroxylation is 1. The van der Waals surface area contributed by atoms with Gasteiger partial charge in [-0.1, -0.05) is 85.8 Å². The highest BCUT2D eigenvalue weighted by atomic mass is 32.1. The topological polar surface area (TPSA) is 0 Å². The van der Waals surface area contributed by atoms with Crippen LogP contribution >= 0.6 is 11.3 Å². The zero-order chi connectivity index (χ0) is 17.1. The lowest BCUT2D eigenvalue weighted by atomic mass is 9.98. The second kappa shape index (κ2) is 7.08. The van der Waals surface area contributed by atoms with Crippen LogP contribution in [0, 0.1) is 10.4 Å². The Kier molecular flexibility index (Phi) is 4.49. The molecule has 0 saturated carbocycles. The number of hydrogen-bond acceptors (Lipinski definition) is 1. The van der Waals surface area contributed by atoms with Gasteiger partial charge in [0.25, 0.3) is 0 Å². The summed E-state index contributed by atoms with van der Waals surface area (Å²) in [6, 6.07) is 29.9. The van der Waals surface area contributed by atoms with Crippen LogP contribution in [-0.4, -0.2) is 0 Å². The van der Waals surface area contributed by atoms with Gasteiger partial charge in [0.2, 0.25) is 0 Å². The van der Waals surface area contributed by atoms with E-state index < -0.39 is 0 Å². The van der Waals surface area contributed by atoms with Crippen LogP contribution in [0.15, 0.2) is 90.3 Å². The molecule has 0 spiro atoms. The summed E-state index contributed by atoms with van der Waals surface area (Å²) in [5.74, 6) is 0. The largest absolute Gasteiger partial charge is 0.143 e. The van der Waals surface area contributed by atoms with E-state index in [1.165, 1.54) is 44.0 Å². The number of rotatable bonds is 3. The van der Waals surface area contributed by atoms with Gasteiger partial charge in [-0.25, -0.2) is 0 Å². The van der Waals surface area contributed by atoms with Gasteiger partial charge in [-0.05, 0) is 45.0 Å². The number of benzene rings is 3. The monoisotopic (exact) mass is 340 g/mol. The van der Waals surface area contributed by atoms with Crippen LogP contribution in [0.1, 0.15) is 12.5 Å². The fraction of sp³-hybridized carbons (Fsp3) is 0.0833. The molecule has 1 heteroatoms. The Morgan fingerprint density at radius 1 is 0.720 bits per heavy atom. The third-order valence-corrected chi connectivity index (χ3v) is 5.55. The van der Waals surface area contributed by atoms with Gasteiger partial charge in [0, 0.05) is 10.4 Å². The maximum absolute atomic E-state index is 2.26. The Hall–Kier alpha value is -2.64. The van der Waals surface area contributed by atoms with Crippen molar-refractivity contribution >= 4 is 11.3 Å². The van der Waals surface area contributed by atoms with Gasteiger partial charge in [0.05, 0.1) is 0 Å². The lowest BCUT2D eigenvalue weighted by Gasteiger charge is -2.07. The summed E-state index contributed by atoms with van der Waals surface area (Å²) < 4.78 is 0. The second-order valence-electron chi connectivity index (χ2n) is 6.12. The molecule has 2 aliphatic rings. The molecule has 25 heavy (non-hydrogen) atoms. The highest BCUT2D eigenvalue weighted by Crippen LogP contribution is 2.36. The van der Waals surface area contributed by atoms with E-state index in [0.29, 0.717) is 0 Å². The molecule has 5 rings (SSSR count). The smallest absolute Gasteiger partial charge is 0.0421 e. The van der Waals surface area contributed by atoms with Gasteiger partial charge in [0.1, 0.15) is 0 Å². The maximum atomic E-state index is 2.26. The molecule has 0 bridgehead atoms. The molecule has 2 aliphatic carbocycles. The zero-order valence-electron chi connectivity index (χ0n) is 14.3. The molecule has 2 aromatic carbocycles. The summed E-state index contributed by atoms with van der Waals surface area (Å²) in [4.78, 5) is 1.34. The Labute approximate surface area is 152 Å². The van der Waals surface area contributed by atoms with E-state index in [2.05, 4.69) is 97.2 Å². The van der Waals surface area contributed by atoms with Crippen molar-refractivity contribution in [3.63, 3.8) is 0 Å². The molecular weight excluding hydrogens is 320 g/mol. The molecule has 0 N–H and O–H groups in total. The first-order valence-corrected chi connectivity index (χ1v) is 9.56. The van der Waals surface area contributed by atoms with Gasteiger partial charge in [-0.2, -0.15) is 0 Å². The fourth-order valence-corrected chi connectivity index (χ4v) is 4.05. The maximum Gasteiger partial charge on any atom is 0.0421 e. The minimum atomic E-state index is 1.20. The van der Waals surface area contributed by atoms with E-state index in [0.717, 1.165) is 0 Å². The quantitative estimate of drug-likeness (QED) is 0.334. The minimum absolute atomic E-state index is 1.20. The average Bonchev–Trinajstić information content (AvgIpc) is 3.16. The fourth-order valence-electron chi connectivity index (χ4n) is 3.13. The van der Waals surface area contributed by atoms with Crippen molar-refractivity contribution in [2.75, 3.05) is 0 Å². The third-order valence-electron chi connectivity index (χ3n) is 4.58. The van der Waals surface area contributed by atoms with E-state index in [-0.39, 0.29) is 0 Å². The highest BCUT2D eigenvalue weighted by molar-refractivity contribution is 7.14. The van der Waals surface area contributed by atoms with Crippen LogP contribution in [0.3, 0.4) is 0 Å². The third kappa shape index (κ3) is 3.16. The van der Waals surface area contributed by atoms with Crippen LogP contribution in [0.25, 0.3) is 21.6 Å². The van der Waals surface area contributed by atoms with Crippen molar-refractivity contribution in [2.24, 2.45) is 0 Å². The van der Waals surface area contributed by atoms with Crippen LogP contribution < -0.4 is 0 Å². The summed E-state index contributed by atoms with van der Waals surface area (Å²) in [6.07, 6.45) is 1.20. The zero-order valence-corrected chi connectivity index (χ0v) is 15.1. The average molecular weight is 340 g/mol. The summed E-state index contributed by atoms with van der Waals surface area (Å²) in [7, 11) is 0. The van der Waals surface area contributed by atoms with Gasteiger partial charge in [-0.3, -0.25) is 0 Å². The summed E-state index contributed by atoms with van der Waals surface area (Å²) in [5, 5.41) is 5.12. The van der Waals surface area contributed by atoms with E-state index in [1.54, 1.807) is 11.3 Å². The summed E-state index contributed by atoms with van der Waals surface area (Å²) in [5.41, 5.74) is 5.43. The SMILES string of the molecule is CCc1cc2ccc1=2.c1ccc(-c2ccsc2-c2ccccc2)cc1. The van der Waals surface area contributed by atoms with Crippen LogP contribution in [0.4, 0.5) is 0 Å². The first-order chi connectivity index (χ1) is 12.4. The molecule has 0 nitrogen and oxygen atoms in total. The molecule has 0 fully saturated rings. The van der Waals surface area contributed by atoms with Crippen molar-refractivity contribution in [3.05, 3.63) is 106 Å². The summed E-state index contributed by atoms with van der Waals surface area (Å²) >= 11 is 1.80. The lowest BCUT2D eigenvalue weighted by Crippen LogP contribution is -1.93. The van der Waals surface area contributed by atoms with E-state index in [9.17, 15) is 0 Å². The van der Waals surface area contributed by atoms with Crippen LogP contribution in [0.2, 0.25) is 0 Å². The lowest BCUT2D eigenvalue weighted by molar-refractivity contribution is 1.08. The Balaban J connectivity index is 0.000000163. The first-order valence-electron chi connectivity index (χ1n) is 8.68. The Bertz CT molecular complexity index is 1010. The molecule has 3 aromatic rings. The van der Waals surface area contributed by atoms with Crippen molar-refractivity contribution in [2.45, 2.75) is 13.3 Å². The van der Waals surface area contributed by atoms with E-state index in [1.807, 2.05) is 0 Å². The molecule has 1 heterocycles. The molecule has 1 aromatic heterocycles. The molecule has 0 saturated heterocycles. The van der Waals surface area contributed by atoms with Gasteiger partial charge in [0.15, 0.2) is 0 Å². The van der Waals surface area contributed by atoms with Crippen LogP contribution in [0.5, 0.6) is 0 Å². The van der Waals surface area contributed by atoms with Crippen molar-refractivity contribution in [1.82, 2.24) is 0 Å². The summed E-state index contributed by atoms with van der Waals surface area (Å²) in [6.45, 7) is 2.20. The Morgan fingerprint density at radius 3 is 1.88 bits per heavy atom. The predicted octanol–water partition coefficient (Wildman–Crippen LogP) is 6.93. The molecule has 0 unspecified atom stereocenters. The normalized spacial score (nSPS) is 10.8. The Morgan fingerprint density at radius 2 is 1.40 bits per heavy atom. The van der Waals surface area contributed by atoms with Gasteiger partial charge < -0.3 is 0 Å². The highest BCUT2D eigenvalue weighted by Gasteiger charge is 2.07. The van der Waals surface area contributed by atoms with Gasteiger partial charge >= 0.3 is 0 Å². The molecule has 122 valence electrons. The molecular formula is C24H20S. The number of thiophene rings is 1. The second-order valence-corrected chi connectivity index (χ2v) is 7.04. The minimum Gasteiger partial charge on any atom is -0.143 e. The van der Waals surface area contributed by atoms with Crippen LogP contribution in [-0.2, 0) is 6.42 Å². The van der Waals surface area contributed by atoms with Crippen molar-refractivity contribution in [3.8, 4) is 21.6 Å². The molecule has 0 aliphatic heterocycles. The predicted molar refractivity (Wildman–Crippen MR) is 109 cm³/mol. The standard InChI is InChI=1S/C16H12S.C8H8/c1-3-7-13(8-4-1)15-11-12-17-16(15)14-9-5-2-6-10-14;1-2-6-5-7-3-4-8(6)7/h1-12H;3-5H,2H2,1H3. The van der Waals surface area contributed by atoms with Gasteiger partial charge in [-0.15, -0.1) is 11.3 Å². The molecule has 0 radical (unpaired) electrons. The van der Waals surface area contributed by atoms with Crippen molar-refractivity contribution < 1.29 is 0 Å². The molecule has 0 amide bonds. The first kappa shape index (κ1) is 15.9. The van der Waals surface area contributed by atoms with Crippen molar-refractivity contribution in [1.29, 1.82) is 0 Å². The number of hydrogen-bond donors (Lipinski definition) is 0. The van der Waals surface area contributed by atoms with E-state index in [4.69, 9.17) is 0 Å².